The standard InChI is InChI=1S/C21H27NO3/c1-15(14-19(23)20-8-5-13-25-20)22-21(24)18-11-9-17(10-12-18)16-6-3-2-4-7-16/h2-8,13,15,17-19,23H,9-12,14H2,1H3,(H,22,24). The molecular weight excluding hydrogens is 314 g/mol. The Morgan fingerprint density at radius 1 is 1.16 bits per heavy atom. The zero-order valence-electron chi connectivity index (χ0n) is 14.7. The minimum Gasteiger partial charge on any atom is -0.467 e. The molecule has 2 aromatic rings. The number of carbonyl (C=O) groups excluding carboxylic acids is 1. The quantitative estimate of drug-likeness (QED) is 0.828. The number of hydrogen-bond acceptors (Lipinski definition) is 3. The number of rotatable bonds is 6. The zero-order valence-corrected chi connectivity index (χ0v) is 14.7. The van der Waals surface area contributed by atoms with Gasteiger partial charge in [-0.05, 0) is 56.2 Å². The van der Waals surface area contributed by atoms with Gasteiger partial charge in [0.05, 0.1) is 6.26 Å². The van der Waals surface area contributed by atoms with Crippen molar-refractivity contribution in [2.75, 3.05) is 0 Å². The summed E-state index contributed by atoms with van der Waals surface area (Å²) >= 11 is 0. The van der Waals surface area contributed by atoms with Crippen LogP contribution in [-0.2, 0) is 4.79 Å². The Kier molecular flexibility index (Phi) is 5.92. The van der Waals surface area contributed by atoms with Crippen molar-refractivity contribution < 1.29 is 14.3 Å². The van der Waals surface area contributed by atoms with Crippen LogP contribution in [0.2, 0.25) is 0 Å². The van der Waals surface area contributed by atoms with Crippen molar-refractivity contribution in [3.8, 4) is 0 Å². The number of aliphatic hydroxyl groups excluding tert-OH is 1. The van der Waals surface area contributed by atoms with E-state index in [1.54, 1.807) is 18.4 Å². The fourth-order valence-corrected chi connectivity index (χ4v) is 3.77. The van der Waals surface area contributed by atoms with Crippen LogP contribution in [0, 0.1) is 5.92 Å². The summed E-state index contributed by atoms with van der Waals surface area (Å²) in [4.78, 5) is 12.5. The summed E-state index contributed by atoms with van der Waals surface area (Å²) in [6.07, 6.45) is 5.31. The molecule has 0 bridgehead atoms. The van der Waals surface area contributed by atoms with Crippen LogP contribution in [0.25, 0.3) is 0 Å². The molecule has 4 nitrogen and oxygen atoms in total. The molecule has 0 aliphatic heterocycles. The summed E-state index contributed by atoms with van der Waals surface area (Å²) in [5.74, 6) is 1.32. The van der Waals surface area contributed by atoms with Gasteiger partial charge in [-0.2, -0.15) is 0 Å². The largest absolute Gasteiger partial charge is 0.467 e. The molecule has 25 heavy (non-hydrogen) atoms. The molecular formula is C21H27NO3. The van der Waals surface area contributed by atoms with Crippen molar-refractivity contribution in [2.45, 2.75) is 57.1 Å². The average molecular weight is 341 g/mol. The third-order valence-electron chi connectivity index (χ3n) is 5.21. The first-order valence-corrected chi connectivity index (χ1v) is 9.20. The van der Waals surface area contributed by atoms with E-state index in [2.05, 4.69) is 29.6 Å². The molecule has 1 aromatic carbocycles. The molecule has 0 saturated heterocycles. The maximum absolute atomic E-state index is 12.5. The number of nitrogens with one attached hydrogen (secondary N) is 1. The van der Waals surface area contributed by atoms with Gasteiger partial charge < -0.3 is 14.8 Å². The predicted molar refractivity (Wildman–Crippen MR) is 97.0 cm³/mol. The van der Waals surface area contributed by atoms with E-state index in [1.165, 1.54) is 5.56 Å². The monoisotopic (exact) mass is 341 g/mol. The van der Waals surface area contributed by atoms with Gasteiger partial charge in [-0.3, -0.25) is 4.79 Å². The zero-order chi connectivity index (χ0) is 17.6. The third kappa shape index (κ3) is 4.73. The van der Waals surface area contributed by atoms with E-state index in [1.807, 2.05) is 13.0 Å². The lowest BCUT2D eigenvalue weighted by Gasteiger charge is -2.29. The molecule has 134 valence electrons. The van der Waals surface area contributed by atoms with E-state index in [0.29, 0.717) is 18.1 Å². The number of hydrogen-bond donors (Lipinski definition) is 2. The number of carbonyl (C=O) groups is 1. The fourth-order valence-electron chi connectivity index (χ4n) is 3.77. The van der Waals surface area contributed by atoms with Crippen molar-refractivity contribution in [1.82, 2.24) is 5.32 Å². The molecule has 2 atom stereocenters. The smallest absolute Gasteiger partial charge is 0.223 e. The van der Waals surface area contributed by atoms with Gasteiger partial charge in [0.2, 0.25) is 5.91 Å². The SMILES string of the molecule is CC(CC(O)c1ccco1)NC(=O)C1CCC(c2ccccc2)CC1. The van der Waals surface area contributed by atoms with E-state index in [9.17, 15) is 9.90 Å². The summed E-state index contributed by atoms with van der Waals surface area (Å²) in [5, 5.41) is 13.2. The van der Waals surface area contributed by atoms with Crippen molar-refractivity contribution in [3.05, 3.63) is 60.1 Å². The number of aliphatic hydroxyl groups is 1. The molecule has 1 amide bonds. The molecule has 0 spiro atoms. The summed E-state index contributed by atoms with van der Waals surface area (Å²) in [6, 6.07) is 14.0. The second-order valence-electron chi connectivity index (χ2n) is 7.14. The van der Waals surface area contributed by atoms with Crippen LogP contribution >= 0.6 is 0 Å². The van der Waals surface area contributed by atoms with Gasteiger partial charge in [0.15, 0.2) is 0 Å². The van der Waals surface area contributed by atoms with Crippen LogP contribution in [0.15, 0.2) is 53.1 Å². The van der Waals surface area contributed by atoms with Crippen LogP contribution < -0.4 is 5.32 Å². The Labute approximate surface area is 149 Å². The fraction of sp³-hybridized carbons (Fsp3) is 0.476. The lowest BCUT2D eigenvalue weighted by atomic mass is 9.78. The lowest BCUT2D eigenvalue weighted by Crippen LogP contribution is -2.39. The van der Waals surface area contributed by atoms with Crippen molar-refractivity contribution in [2.24, 2.45) is 5.92 Å². The molecule has 1 aliphatic carbocycles. The number of benzene rings is 1. The predicted octanol–water partition coefficient (Wildman–Crippen LogP) is 4.18. The van der Waals surface area contributed by atoms with Crippen LogP contribution in [-0.4, -0.2) is 17.1 Å². The molecule has 4 heteroatoms. The van der Waals surface area contributed by atoms with E-state index >= 15 is 0 Å². The van der Waals surface area contributed by atoms with Crippen LogP contribution in [0.4, 0.5) is 0 Å². The lowest BCUT2D eigenvalue weighted by molar-refractivity contribution is -0.126. The first kappa shape index (κ1) is 17.7. The van der Waals surface area contributed by atoms with E-state index in [-0.39, 0.29) is 17.9 Å². The van der Waals surface area contributed by atoms with Gasteiger partial charge in [-0.15, -0.1) is 0 Å². The highest BCUT2D eigenvalue weighted by molar-refractivity contribution is 5.79. The van der Waals surface area contributed by atoms with Crippen LogP contribution in [0.3, 0.4) is 0 Å². The molecule has 1 heterocycles. The van der Waals surface area contributed by atoms with Crippen LogP contribution in [0.5, 0.6) is 0 Å². The Morgan fingerprint density at radius 3 is 2.52 bits per heavy atom. The molecule has 1 aliphatic rings. The van der Waals surface area contributed by atoms with E-state index in [4.69, 9.17) is 4.42 Å². The molecule has 2 unspecified atom stereocenters. The van der Waals surface area contributed by atoms with Crippen molar-refractivity contribution >= 4 is 5.91 Å². The summed E-state index contributed by atoms with van der Waals surface area (Å²) < 4.78 is 5.21. The maximum Gasteiger partial charge on any atom is 0.223 e. The second kappa shape index (κ2) is 8.34. The topological polar surface area (TPSA) is 62.5 Å². The normalized spacial score (nSPS) is 23.0. The minimum atomic E-state index is -0.681. The minimum absolute atomic E-state index is 0.0838. The van der Waals surface area contributed by atoms with Crippen molar-refractivity contribution in [1.29, 1.82) is 0 Å². The molecule has 1 saturated carbocycles. The Bertz CT molecular complexity index is 645. The van der Waals surface area contributed by atoms with Crippen molar-refractivity contribution in [3.63, 3.8) is 0 Å². The highest BCUT2D eigenvalue weighted by Crippen LogP contribution is 2.35. The first-order chi connectivity index (χ1) is 12.1. The molecule has 3 rings (SSSR count). The van der Waals surface area contributed by atoms with Gasteiger partial charge in [-0.1, -0.05) is 30.3 Å². The molecule has 1 fully saturated rings. The molecule has 0 radical (unpaired) electrons. The summed E-state index contributed by atoms with van der Waals surface area (Å²) in [7, 11) is 0. The Morgan fingerprint density at radius 2 is 1.88 bits per heavy atom. The highest BCUT2D eigenvalue weighted by atomic mass is 16.4. The van der Waals surface area contributed by atoms with Gasteiger partial charge in [-0.25, -0.2) is 0 Å². The second-order valence-corrected chi connectivity index (χ2v) is 7.14. The maximum atomic E-state index is 12.5. The first-order valence-electron chi connectivity index (χ1n) is 9.20. The Hall–Kier alpha value is -2.07. The summed E-state index contributed by atoms with van der Waals surface area (Å²) in [5.41, 5.74) is 1.39. The number of amides is 1. The van der Waals surface area contributed by atoms with Crippen LogP contribution in [0.1, 0.15) is 62.4 Å². The highest BCUT2D eigenvalue weighted by Gasteiger charge is 2.28. The van der Waals surface area contributed by atoms with Gasteiger partial charge in [0.1, 0.15) is 11.9 Å². The van der Waals surface area contributed by atoms with E-state index < -0.39 is 6.10 Å². The average Bonchev–Trinajstić information content (AvgIpc) is 3.17. The van der Waals surface area contributed by atoms with E-state index in [0.717, 1.165) is 25.7 Å². The third-order valence-corrected chi connectivity index (χ3v) is 5.21. The molecule has 2 N–H and O–H groups in total. The van der Waals surface area contributed by atoms with Gasteiger partial charge in [0.25, 0.3) is 0 Å². The van der Waals surface area contributed by atoms with Gasteiger partial charge >= 0.3 is 0 Å². The number of furan rings is 1. The summed E-state index contributed by atoms with van der Waals surface area (Å²) in [6.45, 7) is 1.93. The van der Waals surface area contributed by atoms with Gasteiger partial charge in [0, 0.05) is 18.4 Å². The molecule has 1 aromatic heterocycles. The Balaban J connectivity index is 1.44.